The second kappa shape index (κ2) is 5.91. The predicted octanol–water partition coefficient (Wildman–Crippen LogP) is 1.80. The number of rotatable bonds is 3. The topological polar surface area (TPSA) is 80.0 Å². The van der Waals surface area contributed by atoms with E-state index in [1.807, 2.05) is 0 Å². The number of nitrogens with one attached hydrogen (secondary N) is 2. The Hall–Kier alpha value is -1.43. The van der Waals surface area contributed by atoms with Crippen molar-refractivity contribution in [2.24, 2.45) is 5.92 Å². The largest absolute Gasteiger partial charge is 0.346 e. The van der Waals surface area contributed by atoms with Crippen LogP contribution in [0.5, 0.6) is 0 Å². The zero-order valence-electron chi connectivity index (χ0n) is 11.9. The highest BCUT2D eigenvalue weighted by Gasteiger charge is 2.26. The molecule has 20 heavy (non-hydrogen) atoms. The molecule has 2 heterocycles. The molecule has 6 nitrogen and oxygen atoms in total. The smallest absolute Gasteiger partial charge is 0.292 e. The zero-order chi connectivity index (χ0) is 13.9. The summed E-state index contributed by atoms with van der Waals surface area (Å²) in [4.78, 5) is 16.4. The number of aromatic nitrogens is 2. The molecule has 1 aromatic rings. The van der Waals surface area contributed by atoms with E-state index in [0.29, 0.717) is 11.8 Å². The van der Waals surface area contributed by atoms with Crippen molar-refractivity contribution in [1.29, 1.82) is 0 Å². The van der Waals surface area contributed by atoms with E-state index in [2.05, 4.69) is 27.7 Å². The van der Waals surface area contributed by atoms with E-state index >= 15 is 0 Å². The first-order valence-corrected chi connectivity index (χ1v) is 7.60. The van der Waals surface area contributed by atoms with Crippen molar-refractivity contribution in [3.63, 3.8) is 0 Å². The van der Waals surface area contributed by atoms with Gasteiger partial charge in [0.2, 0.25) is 5.89 Å². The maximum absolute atomic E-state index is 12.1. The molecule has 6 heteroatoms. The first-order chi connectivity index (χ1) is 9.72. The summed E-state index contributed by atoms with van der Waals surface area (Å²) in [5.41, 5.74) is 0. The average Bonchev–Trinajstić information content (AvgIpc) is 3.10. The van der Waals surface area contributed by atoms with Gasteiger partial charge in [-0.2, -0.15) is 4.98 Å². The van der Waals surface area contributed by atoms with Crippen LogP contribution >= 0.6 is 0 Å². The summed E-state index contributed by atoms with van der Waals surface area (Å²) in [6, 6.07) is 0.358. The van der Waals surface area contributed by atoms with Crippen LogP contribution in [0, 0.1) is 5.92 Å². The number of hydrogen-bond acceptors (Lipinski definition) is 5. The van der Waals surface area contributed by atoms with Gasteiger partial charge < -0.3 is 15.2 Å². The monoisotopic (exact) mass is 278 g/mol. The lowest BCUT2D eigenvalue weighted by molar-refractivity contribution is 0.0907. The standard InChI is InChI=1S/C14H22N4O2/c1-9-4-2-5-10(8-9)16-13(19)12-17-14(20-18-12)11-6-3-7-15-11/h9-11,15H,2-8H2,1H3,(H,16,19). The number of carbonyl (C=O) groups is 1. The number of hydrogen-bond donors (Lipinski definition) is 2. The molecule has 1 aromatic heterocycles. The fourth-order valence-corrected chi connectivity index (χ4v) is 3.18. The van der Waals surface area contributed by atoms with Crippen LogP contribution in [-0.4, -0.2) is 28.6 Å². The third kappa shape index (κ3) is 3.00. The molecule has 1 aliphatic carbocycles. The molecule has 3 unspecified atom stereocenters. The summed E-state index contributed by atoms with van der Waals surface area (Å²) in [5.74, 6) is 1.16. The van der Waals surface area contributed by atoms with Gasteiger partial charge in [-0.15, -0.1) is 0 Å². The Balaban J connectivity index is 1.59. The molecule has 3 atom stereocenters. The number of carbonyl (C=O) groups excluding carboxylic acids is 1. The molecule has 2 fully saturated rings. The lowest BCUT2D eigenvalue weighted by Crippen LogP contribution is -2.38. The SMILES string of the molecule is CC1CCCC(NC(=O)c2noc(C3CCCN3)n2)C1. The van der Waals surface area contributed by atoms with Crippen molar-refractivity contribution in [3.8, 4) is 0 Å². The molecule has 2 N–H and O–H groups in total. The van der Waals surface area contributed by atoms with Crippen LogP contribution in [-0.2, 0) is 0 Å². The Morgan fingerprint density at radius 1 is 1.35 bits per heavy atom. The lowest BCUT2D eigenvalue weighted by atomic mass is 9.87. The van der Waals surface area contributed by atoms with Crippen molar-refractivity contribution >= 4 is 5.91 Å². The highest BCUT2D eigenvalue weighted by atomic mass is 16.5. The minimum atomic E-state index is -0.211. The van der Waals surface area contributed by atoms with Crippen molar-refractivity contribution < 1.29 is 9.32 Å². The van der Waals surface area contributed by atoms with Gasteiger partial charge >= 0.3 is 0 Å². The van der Waals surface area contributed by atoms with Crippen LogP contribution in [0.15, 0.2) is 4.52 Å². The van der Waals surface area contributed by atoms with Crippen LogP contribution in [0.3, 0.4) is 0 Å². The highest BCUT2D eigenvalue weighted by molar-refractivity contribution is 5.90. The quantitative estimate of drug-likeness (QED) is 0.881. The molecule has 0 bridgehead atoms. The molecule has 1 amide bonds. The van der Waals surface area contributed by atoms with Crippen molar-refractivity contribution in [3.05, 3.63) is 11.7 Å². The van der Waals surface area contributed by atoms with Gasteiger partial charge in [-0.3, -0.25) is 4.79 Å². The second-order valence-corrected chi connectivity index (χ2v) is 6.05. The molecule has 1 aliphatic heterocycles. The van der Waals surface area contributed by atoms with Crippen LogP contribution in [0.1, 0.15) is 68.0 Å². The fraction of sp³-hybridized carbons (Fsp3) is 0.786. The Labute approximate surface area is 118 Å². The minimum Gasteiger partial charge on any atom is -0.346 e. The minimum absolute atomic E-state index is 0.110. The van der Waals surface area contributed by atoms with Crippen molar-refractivity contribution in [2.75, 3.05) is 6.54 Å². The Kier molecular flexibility index (Phi) is 4.00. The maximum atomic E-state index is 12.1. The summed E-state index contributed by atoms with van der Waals surface area (Å²) in [5, 5.41) is 10.1. The van der Waals surface area contributed by atoms with Gasteiger partial charge in [-0.05, 0) is 38.1 Å². The van der Waals surface area contributed by atoms with Gasteiger partial charge in [0, 0.05) is 6.04 Å². The van der Waals surface area contributed by atoms with Gasteiger partial charge in [0.05, 0.1) is 6.04 Å². The first-order valence-electron chi connectivity index (χ1n) is 7.60. The van der Waals surface area contributed by atoms with E-state index in [4.69, 9.17) is 4.52 Å². The van der Waals surface area contributed by atoms with E-state index in [-0.39, 0.29) is 23.8 Å². The van der Waals surface area contributed by atoms with Gasteiger partial charge in [0.1, 0.15) is 0 Å². The van der Waals surface area contributed by atoms with Crippen LogP contribution in [0.25, 0.3) is 0 Å². The molecule has 3 rings (SSSR count). The third-order valence-electron chi connectivity index (χ3n) is 4.27. The van der Waals surface area contributed by atoms with E-state index in [0.717, 1.165) is 32.2 Å². The highest BCUT2D eigenvalue weighted by Crippen LogP contribution is 2.24. The molecule has 0 aromatic carbocycles. The van der Waals surface area contributed by atoms with Gasteiger partial charge in [0.25, 0.3) is 11.7 Å². The molecule has 110 valence electrons. The fourth-order valence-electron chi connectivity index (χ4n) is 3.18. The predicted molar refractivity (Wildman–Crippen MR) is 73.2 cm³/mol. The molecular formula is C14H22N4O2. The average molecular weight is 278 g/mol. The summed E-state index contributed by atoms with van der Waals surface area (Å²) < 4.78 is 5.20. The van der Waals surface area contributed by atoms with Crippen LogP contribution in [0.4, 0.5) is 0 Å². The van der Waals surface area contributed by atoms with Gasteiger partial charge in [0.15, 0.2) is 0 Å². The van der Waals surface area contributed by atoms with Crippen LogP contribution < -0.4 is 10.6 Å². The molecular weight excluding hydrogens is 256 g/mol. The molecule has 0 spiro atoms. The number of amides is 1. The van der Waals surface area contributed by atoms with Gasteiger partial charge in [-0.25, -0.2) is 0 Å². The Morgan fingerprint density at radius 2 is 2.25 bits per heavy atom. The van der Waals surface area contributed by atoms with E-state index in [1.165, 1.54) is 12.8 Å². The Bertz CT molecular complexity index is 467. The summed E-state index contributed by atoms with van der Waals surface area (Å²) >= 11 is 0. The summed E-state index contributed by atoms with van der Waals surface area (Å²) in [6.07, 6.45) is 6.62. The molecule has 1 saturated carbocycles. The second-order valence-electron chi connectivity index (χ2n) is 6.05. The normalized spacial score (nSPS) is 30.4. The van der Waals surface area contributed by atoms with Crippen LogP contribution in [0.2, 0.25) is 0 Å². The van der Waals surface area contributed by atoms with Crippen molar-refractivity contribution in [1.82, 2.24) is 20.8 Å². The molecule has 0 radical (unpaired) electrons. The summed E-state index contributed by atoms with van der Waals surface area (Å²) in [6.45, 7) is 3.20. The van der Waals surface area contributed by atoms with Crippen molar-refractivity contribution in [2.45, 2.75) is 57.5 Å². The van der Waals surface area contributed by atoms with E-state index in [9.17, 15) is 4.79 Å². The lowest BCUT2D eigenvalue weighted by Gasteiger charge is -2.26. The van der Waals surface area contributed by atoms with E-state index in [1.54, 1.807) is 0 Å². The first kappa shape index (κ1) is 13.5. The van der Waals surface area contributed by atoms with E-state index < -0.39 is 0 Å². The summed E-state index contributed by atoms with van der Waals surface area (Å²) in [7, 11) is 0. The number of nitrogens with zero attached hydrogens (tertiary/aromatic N) is 2. The maximum Gasteiger partial charge on any atom is 0.292 e. The van der Waals surface area contributed by atoms with Gasteiger partial charge in [-0.1, -0.05) is 24.9 Å². The third-order valence-corrected chi connectivity index (χ3v) is 4.27. The molecule has 2 aliphatic rings. The molecule has 1 saturated heterocycles. The zero-order valence-corrected chi connectivity index (χ0v) is 11.9. The Morgan fingerprint density at radius 3 is 3.00 bits per heavy atom.